The average Bonchev–Trinajstić information content (AvgIpc) is 2.40. The molecule has 1 aliphatic heterocycles. The lowest BCUT2D eigenvalue weighted by Gasteiger charge is -2.37. The predicted molar refractivity (Wildman–Crippen MR) is 78.1 cm³/mol. The van der Waals surface area contributed by atoms with Gasteiger partial charge in [0.1, 0.15) is 5.82 Å². The van der Waals surface area contributed by atoms with Crippen molar-refractivity contribution in [1.82, 2.24) is 10.2 Å². The largest absolute Gasteiger partial charge is 0.326 e. The first kappa shape index (κ1) is 14.9. The molecule has 2 atom stereocenters. The minimum absolute atomic E-state index is 0.0750. The van der Waals surface area contributed by atoms with Crippen molar-refractivity contribution in [2.45, 2.75) is 32.4 Å². The normalized spacial score (nSPS) is 23.6. The Labute approximate surface area is 119 Å². The highest BCUT2D eigenvalue weighted by molar-refractivity contribution is 5.90. The summed E-state index contributed by atoms with van der Waals surface area (Å²) in [5, 5.41) is 6.14. The lowest BCUT2D eigenvalue weighted by molar-refractivity contribution is -0.116. The fourth-order valence-electron chi connectivity index (χ4n) is 2.44. The number of nitrogens with zero attached hydrogens (tertiary/aromatic N) is 1. The molecule has 4 nitrogen and oxygen atoms in total. The number of hydrogen-bond donors (Lipinski definition) is 2. The zero-order valence-electron chi connectivity index (χ0n) is 12.0. The van der Waals surface area contributed by atoms with E-state index in [9.17, 15) is 9.18 Å². The molecular formula is C15H22FN3O. The highest BCUT2D eigenvalue weighted by Gasteiger charge is 2.22. The average molecular weight is 279 g/mol. The van der Waals surface area contributed by atoms with Crippen molar-refractivity contribution in [2.75, 3.05) is 25.0 Å². The molecule has 2 rings (SSSR count). The molecule has 1 heterocycles. The summed E-state index contributed by atoms with van der Waals surface area (Å²) in [7, 11) is 0. The summed E-state index contributed by atoms with van der Waals surface area (Å²) < 4.78 is 13.0. The van der Waals surface area contributed by atoms with Gasteiger partial charge in [0.25, 0.3) is 0 Å². The Hall–Kier alpha value is -1.46. The summed E-state index contributed by atoms with van der Waals surface area (Å²) in [6.07, 6.45) is 0.424. The molecule has 5 heteroatoms. The Morgan fingerprint density at radius 1 is 1.50 bits per heavy atom. The van der Waals surface area contributed by atoms with E-state index in [1.165, 1.54) is 12.1 Å². The summed E-state index contributed by atoms with van der Waals surface area (Å²) in [6.45, 7) is 6.94. The van der Waals surface area contributed by atoms with Crippen LogP contribution in [0.2, 0.25) is 0 Å². The molecule has 0 saturated carbocycles. The number of rotatable bonds is 4. The lowest BCUT2D eigenvalue weighted by Crippen LogP contribution is -2.54. The van der Waals surface area contributed by atoms with Gasteiger partial charge in [-0.15, -0.1) is 0 Å². The molecule has 2 N–H and O–H groups in total. The second-order valence-corrected chi connectivity index (χ2v) is 5.46. The quantitative estimate of drug-likeness (QED) is 0.884. The van der Waals surface area contributed by atoms with E-state index in [0.29, 0.717) is 24.2 Å². The minimum Gasteiger partial charge on any atom is -0.326 e. The number of halogens is 1. The van der Waals surface area contributed by atoms with Crippen LogP contribution in [0.3, 0.4) is 0 Å². The maximum absolute atomic E-state index is 13.0. The molecule has 0 aliphatic carbocycles. The fourth-order valence-corrected chi connectivity index (χ4v) is 2.44. The lowest BCUT2D eigenvalue weighted by atomic mass is 10.1. The van der Waals surface area contributed by atoms with Crippen LogP contribution in [0, 0.1) is 5.82 Å². The zero-order valence-corrected chi connectivity index (χ0v) is 12.0. The van der Waals surface area contributed by atoms with Gasteiger partial charge in [-0.3, -0.25) is 9.69 Å². The van der Waals surface area contributed by atoms with Crippen LogP contribution in [-0.2, 0) is 4.79 Å². The number of amides is 1. The maximum Gasteiger partial charge on any atom is 0.225 e. The van der Waals surface area contributed by atoms with Crippen molar-refractivity contribution >= 4 is 11.6 Å². The van der Waals surface area contributed by atoms with Crippen LogP contribution in [0.4, 0.5) is 10.1 Å². The first-order valence-electron chi connectivity index (χ1n) is 7.07. The first-order valence-corrected chi connectivity index (χ1v) is 7.07. The van der Waals surface area contributed by atoms with E-state index in [4.69, 9.17) is 0 Å². The molecule has 20 heavy (non-hydrogen) atoms. The molecule has 2 unspecified atom stereocenters. The van der Waals surface area contributed by atoms with Gasteiger partial charge in [-0.25, -0.2) is 4.39 Å². The number of carbonyl (C=O) groups is 1. The monoisotopic (exact) mass is 279 g/mol. The third-order valence-electron chi connectivity index (χ3n) is 3.63. The van der Waals surface area contributed by atoms with Gasteiger partial charge in [0.2, 0.25) is 5.91 Å². The van der Waals surface area contributed by atoms with E-state index in [-0.39, 0.29) is 11.7 Å². The summed E-state index contributed by atoms with van der Waals surface area (Å²) in [4.78, 5) is 14.2. The molecule has 1 saturated heterocycles. The van der Waals surface area contributed by atoms with E-state index >= 15 is 0 Å². The predicted octanol–water partition coefficient (Wildman–Crippen LogP) is 1.84. The second kappa shape index (κ2) is 6.81. The second-order valence-electron chi connectivity index (χ2n) is 5.46. The Balaban J connectivity index is 1.80. The summed E-state index contributed by atoms with van der Waals surface area (Å²) in [5.74, 6) is -0.415. The summed E-state index contributed by atoms with van der Waals surface area (Å²) >= 11 is 0. The molecule has 1 amide bonds. The van der Waals surface area contributed by atoms with E-state index in [1.54, 1.807) is 12.1 Å². The molecule has 1 aromatic rings. The Morgan fingerprint density at radius 2 is 2.30 bits per heavy atom. The van der Waals surface area contributed by atoms with Crippen molar-refractivity contribution in [3.8, 4) is 0 Å². The standard InChI is InChI=1S/C15H22FN3O/c1-11-10-19(12(2)9-17-11)7-6-15(20)18-14-5-3-4-13(16)8-14/h3-5,8,11-12,17H,6-7,9-10H2,1-2H3,(H,18,20). The van der Waals surface area contributed by atoms with Gasteiger partial charge in [-0.2, -0.15) is 0 Å². The Kier molecular flexibility index (Phi) is 5.09. The van der Waals surface area contributed by atoms with Gasteiger partial charge in [0, 0.05) is 43.8 Å². The van der Waals surface area contributed by atoms with Gasteiger partial charge in [0.05, 0.1) is 0 Å². The van der Waals surface area contributed by atoms with Gasteiger partial charge in [-0.1, -0.05) is 6.07 Å². The highest BCUT2D eigenvalue weighted by Crippen LogP contribution is 2.11. The van der Waals surface area contributed by atoms with Crippen molar-refractivity contribution < 1.29 is 9.18 Å². The highest BCUT2D eigenvalue weighted by atomic mass is 19.1. The number of carbonyl (C=O) groups excluding carboxylic acids is 1. The third kappa shape index (κ3) is 4.28. The molecule has 0 bridgehead atoms. The number of nitrogens with one attached hydrogen (secondary N) is 2. The van der Waals surface area contributed by atoms with Crippen LogP contribution < -0.4 is 10.6 Å². The van der Waals surface area contributed by atoms with Crippen molar-refractivity contribution in [3.63, 3.8) is 0 Å². The van der Waals surface area contributed by atoms with Gasteiger partial charge >= 0.3 is 0 Å². The van der Waals surface area contributed by atoms with E-state index in [0.717, 1.165) is 19.6 Å². The number of hydrogen-bond acceptors (Lipinski definition) is 3. The third-order valence-corrected chi connectivity index (χ3v) is 3.63. The van der Waals surface area contributed by atoms with Crippen molar-refractivity contribution in [1.29, 1.82) is 0 Å². The zero-order chi connectivity index (χ0) is 14.5. The number of anilines is 1. The summed E-state index contributed by atoms with van der Waals surface area (Å²) in [5.41, 5.74) is 0.511. The maximum atomic E-state index is 13.0. The topological polar surface area (TPSA) is 44.4 Å². The van der Waals surface area contributed by atoms with Crippen LogP contribution in [0.5, 0.6) is 0 Å². The molecular weight excluding hydrogens is 257 g/mol. The number of piperazine rings is 1. The van der Waals surface area contributed by atoms with Gasteiger partial charge in [-0.05, 0) is 32.0 Å². The smallest absolute Gasteiger partial charge is 0.225 e. The van der Waals surface area contributed by atoms with E-state index < -0.39 is 0 Å². The number of benzene rings is 1. The SMILES string of the molecule is CC1CN(CCC(=O)Nc2cccc(F)c2)C(C)CN1. The van der Waals surface area contributed by atoms with Crippen molar-refractivity contribution in [3.05, 3.63) is 30.1 Å². The van der Waals surface area contributed by atoms with Gasteiger partial charge in [0.15, 0.2) is 0 Å². The molecule has 1 aliphatic rings. The molecule has 1 fully saturated rings. The van der Waals surface area contributed by atoms with Crippen molar-refractivity contribution in [2.24, 2.45) is 0 Å². The minimum atomic E-state index is -0.340. The van der Waals surface area contributed by atoms with Crippen LogP contribution in [0.15, 0.2) is 24.3 Å². The van der Waals surface area contributed by atoms with Crippen LogP contribution >= 0.6 is 0 Å². The van der Waals surface area contributed by atoms with Crippen LogP contribution in [0.1, 0.15) is 20.3 Å². The molecule has 0 spiro atoms. The van der Waals surface area contributed by atoms with Gasteiger partial charge < -0.3 is 10.6 Å². The molecule has 1 aromatic carbocycles. The van der Waals surface area contributed by atoms with E-state index in [2.05, 4.69) is 29.4 Å². The molecule has 0 radical (unpaired) electrons. The van der Waals surface area contributed by atoms with Crippen LogP contribution in [-0.4, -0.2) is 42.5 Å². The molecule has 110 valence electrons. The van der Waals surface area contributed by atoms with Crippen LogP contribution in [0.25, 0.3) is 0 Å². The molecule has 0 aromatic heterocycles. The Morgan fingerprint density at radius 3 is 3.05 bits per heavy atom. The van der Waals surface area contributed by atoms with E-state index in [1.807, 2.05) is 0 Å². The summed E-state index contributed by atoms with van der Waals surface area (Å²) in [6, 6.07) is 6.86. The fraction of sp³-hybridized carbons (Fsp3) is 0.533. The Bertz CT molecular complexity index is 466. The first-order chi connectivity index (χ1) is 9.54.